The Labute approximate surface area is 118 Å². The Kier molecular flexibility index (Phi) is 3.25. The molecule has 0 radical (unpaired) electrons. The van der Waals surface area contributed by atoms with Gasteiger partial charge in [0.2, 0.25) is 0 Å². The summed E-state index contributed by atoms with van der Waals surface area (Å²) in [6.45, 7) is 2.55. The van der Waals surface area contributed by atoms with Gasteiger partial charge in [-0.25, -0.2) is 14.6 Å². The average molecular weight is 288 g/mol. The molecule has 3 aromatic heterocycles. The number of nitrogens with two attached hydrogens (primary N) is 1. The molecule has 0 spiro atoms. The molecule has 3 aromatic rings. The van der Waals surface area contributed by atoms with E-state index in [2.05, 4.69) is 20.1 Å². The molecule has 0 aliphatic rings. The lowest BCUT2D eigenvalue weighted by Crippen LogP contribution is -2.05. The minimum Gasteiger partial charge on any atom is -0.605 e. The van der Waals surface area contributed by atoms with Crippen LogP contribution < -0.4 is 5.73 Å². The van der Waals surface area contributed by atoms with Crippen molar-refractivity contribution in [3.8, 4) is 0 Å². The number of fused-ring (bicyclic) bond motifs is 1. The molecular weight excluding hydrogens is 276 g/mol. The highest BCUT2D eigenvalue weighted by atomic mass is 32.2. The van der Waals surface area contributed by atoms with Crippen LogP contribution in [0.15, 0.2) is 40.8 Å². The lowest BCUT2D eigenvalue weighted by molar-refractivity contribution is 0.583. The van der Waals surface area contributed by atoms with Gasteiger partial charge in [0.05, 0.1) is 0 Å². The van der Waals surface area contributed by atoms with Crippen LogP contribution in [0.5, 0.6) is 0 Å². The number of rotatable bonds is 3. The van der Waals surface area contributed by atoms with E-state index in [9.17, 15) is 4.55 Å². The number of pyridine rings is 1. The number of hydrogen-bond donors (Lipinski definition) is 1. The van der Waals surface area contributed by atoms with Gasteiger partial charge < -0.3 is 10.3 Å². The van der Waals surface area contributed by atoms with E-state index in [-0.39, 0.29) is 5.82 Å². The third kappa shape index (κ3) is 1.98. The molecule has 1 unspecified atom stereocenters. The first kappa shape index (κ1) is 12.8. The van der Waals surface area contributed by atoms with Crippen LogP contribution >= 0.6 is 0 Å². The maximum absolute atomic E-state index is 12.6. The normalized spacial score (nSPS) is 12.7. The van der Waals surface area contributed by atoms with Crippen LogP contribution in [-0.4, -0.2) is 29.3 Å². The molecule has 0 bridgehead atoms. The maximum Gasteiger partial charge on any atom is 0.282 e. The van der Waals surface area contributed by atoms with Crippen LogP contribution in [0.3, 0.4) is 0 Å². The molecule has 8 heteroatoms. The number of hydrogen-bond acceptors (Lipinski definition) is 6. The Bertz CT molecular complexity index is 744. The smallest absolute Gasteiger partial charge is 0.282 e. The predicted molar refractivity (Wildman–Crippen MR) is 74.3 cm³/mol. The van der Waals surface area contributed by atoms with Crippen LogP contribution in [0.25, 0.3) is 11.0 Å². The first-order chi connectivity index (χ1) is 9.72. The molecule has 0 saturated heterocycles. The average Bonchev–Trinajstić information content (AvgIpc) is 2.87. The summed E-state index contributed by atoms with van der Waals surface area (Å²) in [5.41, 5.74) is 6.48. The van der Waals surface area contributed by atoms with Gasteiger partial charge in [0.25, 0.3) is 5.03 Å². The standard InChI is InChI=1S/C12H12N6OS/c1-2-18-11-9(10(13)15-7-16-11)12(17-18)20(19)8-3-5-14-6-4-8/h3-7H,2H2,1H3,(H2,13,15,16). The van der Waals surface area contributed by atoms with Crippen molar-refractivity contribution in [1.82, 2.24) is 24.7 Å². The fourth-order valence-electron chi connectivity index (χ4n) is 1.92. The Balaban J connectivity index is 2.21. The molecule has 0 aliphatic carbocycles. The molecule has 3 rings (SSSR count). The Hall–Kier alpha value is -2.19. The van der Waals surface area contributed by atoms with Crippen molar-refractivity contribution in [3.05, 3.63) is 30.9 Å². The van der Waals surface area contributed by atoms with E-state index < -0.39 is 11.2 Å². The third-order valence-electron chi connectivity index (χ3n) is 2.87. The van der Waals surface area contributed by atoms with Gasteiger partial charge in [-0.05, 0) is 6.92 Å². The molecule has 0 aliphatic heterocycles. The van der Waals surface area contributed by atoms with E-state index in [1.165, 1.54) is 6.33 Å². The molecule has 20 heavy (non-hydrogen) atoms. The Morgan fingerprint density at radius 1 is 1.30 bits per heavy atom. The molecule has 0 fully saturated rings. The Morgan fingerprint density at radius 2 is 2.05 bits per heavy atom. The van der Waals surface area contributed by atoms with Gasteiger partial charge in [0.15, 0.2) is 10.5 Å². The van der Waals surface area contributed by atoms with Crippen molar-refractivity contribution in [3.63, 3.8) is 0 Å². The predicted octanol–water partition coefficient (Wildman–Crippen LogP) is 0.990. The molecule has 102 valence electrons. The molecule has 0 saturated carbocycles. The topological polar surface area (TPSA) is 106 Å². The zero-order chi connectivity index (χ0) is 14.1. The second-order valence-electron chi connectivity index (χ2n) is 4.03. The van der Waals surface area contributed by atoms with Gasteiger partial charge in [-0.1, -0.05) is 0 Å². The molecular formula is C12H12N6OS. The zero-order valence-electron chi connectivity index (χ0n) is 10.7. The summed E-state index contributed by atoms with van der Waals surface area (Å²) in [7, 11) is 0. The van der Waals surface area contributed by atoms with Crippen LogP contribution in [0.1, 0.15) is 6.92 Å². The number of aryl methyl sites for hydroxylation is 1. The highest BCUT2D eigenvalue weighted by molar-refractivity contribution is 7.91. The lowest BCUT2D eigenvalue weighted by Gasteiger charge is -2.06. The first-order valence-corrected chi connectivity index (χ1v) is 7.16. The van der Waals surface area contributed by atoms with Crippen molar-refractivity contribution in [1.29, 1.82) is 0 Å². The summed E-state index contributed by atoms with van der Waals surface area (Å²) in [4.78, 5) is 12.7. The Morgan fingerprint density at radius 3 is 2.75 bits per heavy atom. The number of nitrogens with zero attached hydrogens (tertiary/aromatic N) is 5. The van der Waals surface area contributed by atoms with Crippen LogP contribution in [-0.2, 0) is 17.7 Å². The highest BCUT2D eigenvalue weighted by Crippen LogP contribution is 2.29. The summed E-state index contributed by atoms with van der Waals surface area (Å²) in [6.07, 6.45) is 4.56. The zero-order valence-corrected chi connectivity index (χ0v) is 11.5. The van der Waals surface area contributed by atoms with E-state index in [0.717, 1.165) is 0 Å². The minimum absolute atomic E-state index is 0.284. The quantitative estimate of drug-likeness (QED) is 0.720. The van der Waals surface area contributed by atoms with E-state index >= 15 is 0 Å². The van der Waals surface area contributed by atoms with Crippen molar-refractivity contribution in [2.24, 2.45) is 0 Å². The molecule has 2 N–H and O–H groups in total. The molecule has 1 atom stereocenters. The fourth-order valence-corrected chi connectivity index (χ4v) is 3.07. The van der Waals surface area contributed by atoms with Gasteiger partial charge >= 0.3 is 0 Å². The van der Waals surface area contributed by atoms with E-state index in [4.69, 9.17) is 5.73 Å². The van der Waals surface area contributed by atoms with Crippen molar-refractivity contribution < 1.29 is 4.55 Å². The molecule has 3 heterocycles. The van der Waals surface area contributed by atoms with E-state index in [0.29, 0.717) is 27.5 Å². The molecule has 0 aromatic carbocycles. The monoisotopic (exact) mass is 288 g/mol. The second-order valence-corrected chi connectivity index (χ2v) is 5.43. The van der Waals surface area contributed by atoms with Crippen molar-refractivity contribution in [2.45, 2.75) is 23.4 Å². The SMILES string of the molecule is CCn1nc([S+]([O-])c2ccncc2)c2c(N)ncnc21. The summed E-state index contributed by atoms with van der Waals surface area (Å²) in [5, 5.41) is 5.29. The van der Waals surface area contributed by atoms with Gasteiger partial charge in [-0.3, -0.25) is 4.98 Å². The molecule has 7 nitrogen and oxygen atoms in total. The van der Waals surface area contributed by atoms with Crippen LogP contribution in [0.4, 0.5) is 5.82 Å². The molecule has 0 amide bonds. The summed E-state index contributed by atoms with van der Waals surface area (Å²) in [5.74, 6) is 0.284. The van der Waals surface area contributed by atoms with Gasteiger partial charge in [-0.15, -0.1) is 5.10 Å². The number of nitrogen functional groups attached to an aromatic ring is 1. The second kappa shape index (κ2) is 5.06. The number of anilines is 1. The van der Waals surface area contributed by atoms with Crippen LogP contribution in [0.2, 0.25) is 0 Å². The third-order valence-corrected chi connectivity index (χ3v) is 4.20. The van der Waals surface area contributed by atoms with Crippen molar-refractivity contribution in [2.75, 3.05) is 5.73 Å². The van der Waals surface area contributed by atoms with Gasteiger partial charge in [0.1, 0.15) is 17.5 Å². The number of aromatic nitrogens is 5. The van der Waals surface area contributed by atoms with E-state index in [1.54, 1.807) is 29.2 Å². The summed E-state index contributed by atoms with van der Waals surface area (Å²) in [6, 6.07) is 3.37. The van der Waals surface area contributed by atoms with Crippen LogP contribution in [0, 0.1) is 0 Å². The maximum atomic E-state index is 12.6. The first-order valence-electron chi connectivity index (χ1n) is 6.01. The van der Waals surface area contributed by atoms with Crippen molar-refractivity contribution >= 4 is 28.0 Å². The highest BCUT2D eigenvalue weighted by Gasteiger charge is 2.26. The largest absolute Gasteiger partial charge is 0.605 e. The van der Waals surface area contributed by atoms with Gasteiger partial charge in [0, 0.05) is 42.2 Å². The van der Waals surface area contributed by atoms with Gasteiger partial charge in [-0.2, -0.15) is 0 Å². The summed E-state index contributed by atoms with van der Waals surface area (Å²) >= 11 is -1.44. The van der Waals surface area contributed by atoms with E-state index in [1.807, 2.05) is 6.92 Å². The fraction of sp³-hybridized carbons (Fsp3) is 0.167. The lowest BCUT2D eigenvalue weighted by atomic mass is 10.4. The summed E-state index contributed by atoms with van der Waals surface area (Å²) < 4.78 is 14.3. The minimum atomic E-state index is -1.44.